The van der Waals surface area contributed by atoms with Gasteiger partial charge in [-0.1, -0.05) is 6.92 Å². The molecule has 70 valence electrons. The van der Waals surface area contributed by atoms with Crippen LogP contribution < -0.4 is 0 Å². The van der Waals surface area contributed by atoms with Gasteiger partial charge in [-0.05, 0) is 12.8 Å². The smallest absolute Gasteiger partial charge is 0.324 e. The minimum atomic E-state index is -2.62. The van der Waals surface area contributed by atoms with Crippen molar-refractivity contribution in [3.05, 3.63) is 0 Å². The van der Waals surface area contributed by atoms with Crippen molar-refractivity contribution in [1.29, 1.82) is 0 Å². The second kappa shape index (κ2) is 10.2. The molecule has 0 aromatic heterocycles. The van der Waals surface area contributed by atoms with Crippen molar-refractivity contribution in [3.8, 4) is 0 Å². The lowest BCUT2D eigenvalue weighted by molar-refractivity contribution is 0.129. The van der Waals surface area contributed by atoms with E-state index >= 15 is 0 Å². The van der Waals surface area contributed by atoms with E-state index in [0.717, 1.165) is 6.42 Å². The van der Waals surface area contributed by atoms with E-state index in [1.165, 1.54) is 0 Å². The summed E-state index contributed by atoms with van der Waals surface area (Å²) in [6, 6.07) is 0. The Kier molecular flexibility index (Phi) is 12.8. The van der Waals surface area contributed by atoms with Crippen LogP contribution in [-0.2, 0) is 0 Å². The monoisotopic (exact) mass is 186 g/mol. The highest BCUT2D eigenvalue weighted by molar-refractivity contribution is 7.38. The zero-order valence-corrected chi connectivity index (χ0v) is 7.28. The molecule has 0 spiro atoms. The van der Waals surface area contributed by atoms with Gasteiger partial charge >= 0.3 is 8.60 Å². The number of aliphatic hydroxyl groups excluding tert-OH is 2. The Balaban J connectivity index is 0. The lowest BCUT2D eigenvalue weighted by atomic mass is 10.2. The quantitative estimate of drug-likeness (QED) is 0.376. The predicted molar refractivity (Wildman–Crippen MR) is 41.6 cm³/mol. The van der Waals surface area contributed by atoms with Crippen molar-refractivity contribution >= 4 is 8.60 Å². The minimum absolute atomic E-state index is 0.0923. The third kappa shape index (κ3) is 25.3. The summed E-state index contributed by atoms with van der Waals surface area (Å²) in [7, 11) is -2.62. The van der Waals surface area contributed by atoms with E-state index in [1.54, 1.807) is 0 Å². The van der Waals surface area contributed by atoms with Crippen molar-refractivity contribution in [1.82, 2.24) is 0 Å². The highest BCUT2D eigenvalue weighted by Gasteiger charge is 1.95. The highest BCUT2D eigenvalue weighted by atomic mass is 31.2. The maximum Gasteiger partial charge on any atom is 0.324 e. The molecule has 1 atom stereocenters. The number of rotatable bonds is 3. The topological polar surface area (TPSA) is 101 Å². The molecule has 0 aromatic carbocycles. The SMILES string of the molecule is CCC(O)CCO.OP(O)O. The molecule has 0 aliphatic heterocycles. The van der Waals surface area contributed by atoms with Crippen LogP contribution in [0.4, 0.5) is 0 Å². The van der Waals surface area contributed by atoms with Crippen LogP contribution in [0.2, 0.25) is 0 Å². The molecule has 0 bridgehead atoms. The molecular weight excluding hydrogens is 171 g/mol. The molecular formula is C5H15O5P. The summed E-state index contributed by atoms with van der Waals surface area (Å²) in [5.41, 5.74) is 0. The van der Waals surface area contributed by atoms with Gasteiger partial charge in [0.15, 0.2) is 0 Å². The van der Waals surface area contributed by atoms with Gasteiger partial charge in [0.2, 0.25) is 0 Å². The van der Waals surface area contributed by atoms with Gasteiger partial charge in [-0.25, -0.2) is 0 Å². The number of aliphatic hydroxyl groups is 2. The molecule has 0 saturated heterocycles. The van der Waals surface area contributed by atoms with E-state index in [-0.39, 0.29) is 12.7 Å². The number of hydrogen-bond acceptors (Lipinski definition) is 5. The largest absolute Gasteiger partial charge is 0.396 e. The first-order chi connectivity index (χ1) is 5.04. The molecule has 5 nitrogen and oxygen atoms in total. The van der Waals surface area contributed by atoms with E-state index in [4.69, 9.17) is 24.9 Å². The van der Waals surface area contributed by atoms with E-state index in [0.29, 0.717) is 6.42 Å². The molecule has 5 N–H and O–H groups in total. The van der Waals surface area contributed by atoms with Crippen LogP contribution in [0.1, 0.15) is 19.8 Å². The molecule has 0 amide bonds. The van der Waals surface area contributed by atoms with Crippen LogP contribution in [0, 0.1) is 0 Å². The van der Waals surface area contributed by atoms with Gasteiger partial charge in [0.1, 0.15) is 0 Å². The van der Waals surface area contributed by atoms with E-state index in [1.807, 2.05) is 6.92 Å². The highest BCUT2D eigenvalue weighted by Crippen LogP contribution is 2.11. The average molecular weight is 186 g/mol. The average Bonchev–Trinajstić information content (AvgIpc) is 1.87. The fourth-order valence-electron chi connectivity index (χ4n) is 0.353. The van der Waals surface area contributed by atoms with Gasteiger partial charge < -0.3 is 24.9 Å². The van der Waals surface area contributed by atoms with Crippen molar-refractivity contribution in [2.45, 2.75) is 25.9 Å². The van der Waals surface area contributed by atoms with Crippen LogP contribution in [-0.4, -0.2) is 37.6 Å². The van der Waals surface area contributed by atoms with E-state index in [9.17, 15) is 0 Å². The molecule has 0 saturated carbocycles. The molecule has 0 radical (unpaired) electrons. The van der Waals surface area contributed by atoms with Crippen LogP contribution >= 0.6 is 8.60 Å². The van der Waals surface area contributed by atoms with Crippen molar-refractivity contribution in [2.24, 2.45) is 0 Å². The molecule has 0 aliphatic carbocycles. The Morgan fingerprint density at radius 2 is 1.64 bits per heavy atom. The van der Waals surface area contributed by atoms with Gasteiger partial charge in [0.25, 0.3) is 0 Å². The second-order valence-corrected chi connectivity index (χ2v) is 2.38. The minimum Gasteiger partial charge on any atom is -0.396 e. The normalized spacial score (nSPS) is 12.3. The van der Waals surface area contributed by atoms with Crippen LogP contribution in [0.25, 0.3) is 0 Å². The summed E-state index contributed by atoms with van der Waals surface area (Å²) in [5.74, 6) is 0. The second-order valence-electron chi connectivity index (χ2n) is 1.84. The van der Waals surface area contributed by atoms with Crippen molar-refractivity contribution in [2.75, 3.05) is 6.61 Å². The zero-order chi connectivity index (χ0) is 9.28. The van der Waals surface area contributed by atoms with Gasteiger partial charge in [0.05, 0.1) is 6.10 Å². The standard InChI is InChI=1S/C5H12O2.H3O3P/c1-2-5(7)3-4-6;1-4(2)3/h5-7H,2-4H2,1H3;1-3H. The summed E-state index contributed by atoms with van der Waals surface area (Å²) >= 11 is 0. The molecule has 1 unspecified atom stereocenters. The molecule has 11 heavy (non-hydrogen) atoms. The maximum absolute atomic E-state index is 8.70. The molecule has 0 rings (SSSR count). The third-order valence-corrected chi connectivity index (χ3v) is 0.934. The van der Waals surface area contributed by atoms with E-state index in [2.05, 4.69) is 0 Å². The van der Waals surface area contributed by atoms with Gasteiger partial charge in [-0.15, -0.1) is 0 Å². The first-order valence-electron chi connectivity index (χ1n) is 3.20. The predicted octanol–water partition coefficient (Wildman–Crippen LogP) is -0.670. The Morgan fingerprint density at radius 3 is 1.73 bits per heavy atom. The molecule has 0 heterocycles. The van der Waals surface area contributed by atoms with Crippen LogP contribution in [0.5, 0.6) is 0 Å². The lowest BCUT2D eigenvalue weighted by Gasteiger charge is -2.01. The zero-order valence-electron chi connectivity index (χ0n) is 6.38. The lowest BCUT2D eigenvalue weighted by Crippen LogP contribution is -2.05. The molecule has 6 heteroatoms. The van der Waals surface area contributed by atoms with Gasteiger partial charge in [-0.2, -0.15) is 0 Å². The fourth-order valence-corrected chi connectivity index (χ4v) is 0.353. The Bertz CT molecular complexity index is 67.1. The maximum atomic E-state index is 8.70. The first-order valence-corrected chi connectivity index (χ1v) is 4.40. The Labute approximate surface area is 66.9 Å². The Hall–Kier alpha value is 0.230. The van der Waals surface area contributed by atoms with Gasteiger partial charge in [-0.3, -0.25) is 0 Å². The summed E-state index contributed by atoms with van der Waals surface area (Å²) in [4.78, 5) is 21.7. The summed E-state index contributed by atoms with van der Waals surface area (Å²) in [6.07, 6.45) is 0.946. The Morgan fingerprint density at radius 1 is 1.27 bits per heavy atom. The molecule has 0 fully saturated rings. The van der Waals surface area contributed by atoms with E-state index < -0.39 is 8.60 Å². The van der Waals surface area contributed by atoms with Crippen molar-refractivity contribution in [3.63, 3.8) is 0 Å². The summed E-state index contributed by atoms with van der Waals surface area (Å²) in [6.45, 7) is 1.98. The van der Waals surface area contributed by atoms with Gasteiger partial charge in [0, 0.05) is 6.61 Å². The number of hydrogen-bond donors (Lipinski definition) is 5. The van der Waals surface area contributed by atoms with Crippen LogP contribution in [0.3, 0.4) is 0 Å². The van der Waals surface area contributed by atoms with Crippen molar-refractivity contribution < 1.29 is 24.9 Å². The molecule has 0 aromatic rings. The fraction of sp³-hybridized carbons (Fsp3) is 1.00. The molecule has 0 aliphatic rings. The summed E-state index contributed by atoms with van der Waals surface area (Å²) < 4.78 is 0. The summed E-state index contributed by atoms with van der Waals surface area (Å²) in [5, 5.41) is 16.9. The first kappa shape index (κ1) is 13.8. The third-order valence-electron chi connectivity index (χ3n) is 0.934. The van der Waals surface area contributed by atoms with Crippen LogP contribution in [0.15, 0.2) is 0 Å².